The van der Waals surface area contributed by atoms with Crippen molar-refractivity contribution >= 4 is 40.9 Å². The fourth-order valence-electron chi connectivity index (χ4n) is 3.67. The van der Waals surface area contributed by atoms with Gasteiger partial charge in [-0.1, -0.05) is 54.1 Å². The zero-order valence-corrected chi connectivity index (χ0v) is 18.9. The van der Waals surface area contributed by atoms with Gasteiger partial charge in [-0.2, -0.15) is 0 Å². The van der Waals surface area contributed by atoms with Crippen molar-refractivity contribution in [3.63, 3.8) is 0 Å². The summed E-state index contributed by atoms with van der Waals surface area (Å²) in [7, 11) is 0. The molecular weight excluding hydrogens is 469 g/mol. The molecule has 0 spiro atoms. The second kappa shape index (κ2) is 9.44. The number of nitrogens with zero attached hydrogens (tertiary/aromatic N) is 1. The van der Waals surface area contributed by atoms with Crippen LogP contribution >= 0.6 is 11.6 Å². The van der Waals surface area contributed by atoms with Gasteiger partial charge in [-0.15, -0.1) is 0 Å². The Morgan fingerprint density at radius 2 is 1.54 bits per heavy atom. The van der Waals surface area contributed by atoms with E-state index in [-0.39, 0.29) is 33.4 Å². The monoisotopic (exact) mass is 485 g/mol. The minimum atomic E-state index is -0.638. The molecule has 0 fully saturated rings. The van der Waals surface area contributed by atoms with E-state index >= 15 is 0 Å². The summed E-state index contributed by atoms with van der Waals surface area (Å²) >= 11 is 6.07. The molecule has 0 aliphatic carbocycles. The number of ether oxygens (including phenoxy) is 2. The number of halogens is 2. The smallest absolute Gasteiger partial charge is 0.424 e. The third-order valence-corrected chi connectivity index (χ3v) is 5.66. The number of hydrogen-bond acceptors (Lipinski definition) is 4. The Morgan fingerprint density at radius 3 is 2.17 bits per heavy atom. The van der Waals surface area contributed by atoms with Crippen molar-refractivity contribution < 1.29 is 23.5 Å². The number of benzene rings is 4. The van der Waals surface area contributed by atoms with Crippen molar-refractivity contribution in [1.29, 1.82) is 0 Å². The number of carbonyl (C=O) groups is 2. The largest absolute Gasteiger partial charge is 0.452 e. The van der Waals surface area contributed by atoms with Crippen molar-refractivity contribution in [2.75, 3.05) is 4.90 Å². The van der Waals surface area contributed by atoms with Crippen LogP contribution in [0.2, 0.25) is 5.02 Å². The first-order chi connectivity index (χ1) is 17.0. The van der Waals surface area contributed by atoms with Crippen LogP contribution < -0.4 is 14.4 Å². The van der Waals surface area contributed by atoms with Crippen molar-refractivity contribution in [3.05, 3.63) is 125 Å². The number of carbonyl (C=O) groups excluding carboxylic acids is 2. The van der Waals surface area contributed by atoms with E-state index in [2.05, 4.69) is 0 Å². The molecular formula is C28H17ClFNO4. The maximum atomic E-state index is 14.2. The standard InChI is InChI=1S/C28H17ClFNO4/c29-23-12-7-13-24(30)22(23)17-26-27(32)21-15-14-20(16-25(21)35-26)34-28(33)31(18-8-3-1-4-9-18)19-10-5-2-6-11-19/h1-17H. The van der Waals surface area contributed by atoms with E-state index < -0.39 is 17.7 Å². The predicted molar refractivity (Wildman–Crippen MR) is 132 cm³/mol. The first kappa shape index (κ1) is 22.4. The number of fused-ring (bicyclic) bond motifs is 1. The Morgan fingerprint density at radius 1 is 0.886 bits per heavy atom. The molecule has 35 heavy (non-hydrogen) atoms. The average Bonchev–Trinajstić information content (AvgIpc) is 3.17. The van der Waals surface area contributed by atoms with Crippen LogP contribution in [-0.4, -0.2) is 11.9 Å². The number of Topliss-reactive ketones (excluding diaryl/α,β-unsaturated/α-hetero) is 1. The maximum absolute atomic E-state index is 14.2. The topological polar surface area (TPSA) is 55.8 Å². The molecule has 0 N–H and O–H groups in total. The molecule has 0 saturated carbocycles. The number of rotatable bonds is 4. The van der Waals surface area contributed by atoms with E-state index in [0.717, 1.165) is 0 Å². The van der Waals surface area contributed by atoms with Gasteiger partial charge in [0.2, 0.25) is 5.78 Å². The summed E-state index contributed by atoms with van der Waals surface area (Å²) in [6, 6.07) is 26.9. The van der Waals surface area contributed by atoms with Gasteiger partial charge in [0.1, 0.15) is 17.3 Å². The molecule has 1 aliphatic rings. The molecule has 4 aromatic rings. The van der Waals surface area contributed by atoms with Crippen LogP contribution in [-0.2, 0) is 0 Å². The molecule has 0 aromatic heterocycles. The lowest BCUT2D eigenvalue weighted by Gasteiger charge is -2.22. The number of hydrogen-bond donors (Lipinski definition) is 0. The summed E-state index contributed by atoms with van der Waals surface area (Å²) < 4.78 is 25.5. The van der Waals surface area contributed by atoms with Crippen LogP contribution in [0, 0.1) is 5.82 Å². The number of allylic oxidation sites excluding steroid dienone is 1. The lowest BCUT2D eigenvalue weighted by molar-refractivity contribution is 0.101. The Balaban J connectivity index is 1.42. The molecule has 0 atom stereocenters. The summed E-state index contributed by atoms with van der Waals surface area (Å²) in [6.45, 7) is 0. The molecule has 7 heteroatoms. The highest BCUT2D eigenvalue weighted by Gasteiger charge is 2.29. The first-order valence-corrected chi connectivity index (χ1v) is 11.0. The normalized spacial score (nSPS) is 13.3. The van der Waals surface area contributed by atoms with E-state index in [0.29, 0.717) is 11.4 Å². The molecule has 1 amide bonds. The fraction of sp³-hybridized carbons (Fsp3) is 0. The van der Waals surface area contributed by atoms with Crippen LogP contribution in [0.15, 0.2) is 103 Å². The number of para-hydroxylation sites is 2. The molecule has 0 bridgehead atoms. The van der Waals surface area contributed by atoms with E-state index in [1.807, 2.05) is 36.4 Å². The predicted octanol–water partition coefficient (Wildman–Crippen LogP) is 7.43. The number of ketones is 1. The first-order valence-electron chi connectivity index (χ1n) is 10.7. The SMILES string of the molecule is O=C1C(=Cc2c(F)cccc2Cl)Oc2cc(OC(=O)N(c3ccccc3)c3ccccc3)ccc21. The highest BCUT2D eigenvalue weighted by molar-refractivity contribution is 6.32. The summed E-state index contributed by atoms with van der Waals surface area (Å²) in [6.07, 6.45) is 0.624. The van der Waals surface area contributed by atoms with E-state index in [1.54, 1.807) is 24.3 Å². The molecule has 0 radical (unpaired) electrons. The maximum Gasteiger partial charge on any atom is 0.424 e. The molecule has 1 aliphatic heterocycles. The highest BCUT2D eigenvalue weighted by Crippen LogP contribution is 2.36. The molecule has 0 saturated heterocycles. The lowest BCUT2D eigenvalue weighted by atomic mass is 10.1. The average molecular weight is 486 g/mol. The molecule has 5 nitrogen and oxygen atoms in total. The van der Waals surface area contributed by atoms with Gasteiger partial charge in [-0.3, -0.25) is 4.79 Å². The Hall–Kier alpha value is -4.42. The van der Waals surface area contributed by atoms with Crippen molar-refractivity contribution in [2.45, 2.75) is 0 Å². The summed E-state index contributed by atoms with van der Waals surface area (Å²) in [5.74, 6) is -0.694. The van der Waals surface area contributed by atoms with Gasteiger partial charge in [-0.25, -0.2) is 14.1 Å². The minimum Gasteiger partial charge on any atom is -0.452 e. The van der Waals surface area contributed by atoms with Crippen molar-refractivity contribution in [1.82, 2.24) is 0 Å². The van der Waals surface area contributed by atoms with E-state index in [9.17, 15) is 14.0 Å². The van der Waals surface area contributed by atoms with Crippen LogP contribution in [0.25, 0.3) is 6.08 Å². The second-order valence-corrected chi connectivity index (χ2v) is 8.01. The quantitative estimate of drug-likeness (QED) is 0.282. The Bertz CT molecular complexity index is 1400. The van der Waals surface area contributed by atoms with Gasteiger partial charge in [0.15, 0.2) is 5.76 Å². The molecule has 172 valence electrons. The van der Waals surface area contributed by atoms with Crippen LogP contribution in [0.4, 0.5) is 20.6 Å². The van der Waals surface area contributed by atoms with Gasteiger partial charge < -0.3 is 9.47 Å². The number of amides is 1. The van der Waals surface area contributed by atoms with Crippen molar-refractivity contribution in [3.8, 4) is 11.5 Å². The molecule has 0 unspecified atom stereocenters. The molecule has 1 heterocycles. The van der Waals surface area contributed by atoms with Gasteiger partial charge in [0, 0.05) is 11.6 Å². The Labute approximate surface area is 205 Å². The van der Waals surface area contributed by atoms with E-state index in [1.165, 1.54) is 47.4 Å². The lowest BCUT2D eigenvalue weighted by Crippen LogP contribution is -2.29. The fourth-order valence-corrected chi connectivity index (χ4v) is 3.89. The van der Waals surface area contributed by atoms with Gasteiger partial charge >= 0.3 is 6.09 Å². The number of anilines is 2. The molecule has 4 aromatic carbocycles. The van der Waals surface area contributed by atoms with Crippen LogP contribution in [0.3, 0.4) is 0 Å². The Kier molecular flexibility index (Phi) is 6.04. The van der Waals surface area contributed by atoms with Gasteiger partial charge in [0.05, 0.1) is 22.0 Å². The zero-order valence-electron chi connectivity index (χ0n) is 18.2. The summed E-state index contributed by atoms with van der Waals surface area (Å²) in [5, 5.41) is 0.154. The summed E-state index contributed by atoms with van der Waals surface area (Å²) in [4.78, 5) is 27.4. The van der Waals surface area contributed by atoms with Crippen molar-refractivity contribution in [2.24, 2.45) is 0 Å². The third-order valence-electron chi connectivity index (χ3n) is 5.33. The third kappa shape index (κ3) is 4.52. The van der Waals surface area contributed by atoms with Crippen LogP contribution in [0.1, 0.15) is 15.9 Å². The van der Waals surface area contributed by atoms with Gasteiger partial charge in [-0.05, 0) is 54.6 Å². The minimum absolute atomic E-state index is 0.0540. The van der Waals surface area contributed by atoms with Gasteiger partial charge in [0.25, 0.3) is 0 Å². The second-order valence-electron chi connectivity index (χ2n) is 7.61. The van der Waals surface area contributed by atoms with Crippen LogP contribution in [0.5, 0.6) is 11.5 Å². The zero-order chi connectivity index (χ0) is 24.4. The van der Waals surface area contributed by atoms with E-state index in [4.69, 9.17) is 21.1 Å². The highest BCUT2D eigenvalue weighted by atomic mass is 35.5. The molecule has 5 rings (SSSR count). The summed E-state index contributed by atoms with van der Waals surface area (Å²) in [5.41, 5.74) is 1.58.